The molecular weight excluding hydrogens is 669 g/mol. The highest BCUT2D eigenvalue weighted by Gasteiger charge is 2.52. The number of nitrogens with zero attached hydrogens (tertiary/aromatic N) is 4. The molecule has 2 aliphatic carbocycles. The van der Waals surface area contributed by atoms with Gasteiger partial charge in [-0.25, -0.2) is 4.85 Å². The fourth-order valence-electron chi connectivity index (χ4n) is 10.0. The Balaban J connectivity index is 1.22. The van der Waals surface area contributed by atoms with Crippen LogP contribution in [0.3, 0.4) is 0 Å². The zero-order valence-corrected chi connectivity index (χ0v) is 29.5. The monoisotopic (exact) mass is 696 g/mol. The van der Waals surface area contributed by atoms with Gasteiger partial charge in [-0.1, -0.05) is 109 Å². The topological polar surface area (TPSA) is 38.0 Å². The summed E-state index contributed by atoms with van der Waals surface area (Å²) in [5.41, 5.74) is 16.1. The summed E-state index contributed by atoms with van der Waals surface area (Å²) in [5.74, 6) is 0. The fraction of sp³-hybridized carbons (Fsp3) is 0.0196. The zero-order valence-electron chi connectivity index (χ0n) is 29.5. The van der Waals surface area contributed by atoms with Gasteiger partial charge in [-0.05, 0) is 105 Å². The maximum Gasteiger partial charge on any atom is 0.187 e. The minimum atomic E-state index is -0.785. The number of hydrogen-bond donors (Lipinski definition) is 0. The Hall–Kier alpha value is -7.66. The van der Waals surface area contributed by atoms with Crippen molar-refractivity contribution in [3.05, 3.63) is 209 Å². The van der Waals surface area contributed by atoms with Crippen LogP contribution in [-0.4, -0.2) is 9.13 Å². The van der Waals surface area contributed by atoms with Gasteiger partial charge in [0.1, 0.15) is 0 Å². The molecule has 10 aromatic rings. The maximum absolute atomic E-state index is 10.3. The molecule has 2 heterocycles. The lowest BCUT2D eigenvalue weighted by atomic mass is 9.70. The van der Waals surface area contributed by atoms with Crippen LogP contribution in [0.5, 0.6) is 0 Å². The van der Waals surface area contributed by atoms with Gasteiger partial charge < -0.3 is 9.13 Å². The second kappa shape index (κ2) is 10.7. The molecule has 55 heavy (non-hydrogen) atoms. The normalized spacial score (nSPS) is 13.2. The van der Waals surface area contributed by atoms with Crippen LogP contribution in [0.15, 0.2) is 170 Å². The molecule has 2 aromatic heterocycles. The molecular formula is C51H28N4. The first-order valence-corrected chi connectivity index (χ1v) is 18.5. The van der Waals surface area contributed by atoms with Crippen molar-refractivity contribution in [1.82, 2.24) is 9.13 Å². The number of hydrogen-bond acceptors (Lipinski definition) is 1. The van der Waals surface area contributed by atoms with Crippen LogP contribution in [0.25, 0.3) is 82.1 Å². The highest BCUT2D eigenvalue weighted by atomic mass is 15.0. The predicted molar refractivity (Wildman–Crippen MR) is 222 cm³/mol. The molecule has 0 saturated heterocycles. The van der Waals surface area contributed by atoms with Crippen LogP contribution in [-0.2, 0) is 5.41 Å². The number of para-hydroxylation sites is 4. The molecule has 0 amide bonds. The van der Waals surface area contributed by atoms with E-state index in [1.807, 2.05) is 12.1 Å². The van der Waals surface area contributed by atoms with Crippen molar-refractivity contribution in [2.75, 3.05) is 0 Å². The molecule has 0 N–H and O–H groups in total. The molecule has 2 aliphatic rings. The van der Waals surface area contributed by atoms with E-state index < -0.39 is 5.41 Å². The van der Waals surface area contributed by atoms with Gasteiger partial charge in [-0.15, -0.1) is 0 Å². The highest BCUT2D eigenvalue weighted by molar-refractivity contribution is 6.10. The van der Waals surface area contributed by atoms with E-state index in [1.165, 1.54) is 21.5 Å². The third-order valence-corrected chi connectivity index (χ3v) is 12.2. The average molecular weight is 697 g/mol. The van der Waals surface area contributed by atoms with Gasteiger partial charge in [-0.2, -0.15) is 5.26 Å². The van der Waals surface area contributed by atoms with Crippen LogP contribution in [0.2, 0.25) is 0 Å². The molecule has 0 radical (unpaired) electrons. The molecule has 8 aromatic carbocycles. The van der Waals surface area contributed by atoms with Crippen LogP contribution in [0, 0.1) is 17.9 Å². The van der Waals surface area contributed by atoms with Gasteiger partial charge in [0.05, 0.1) is 45.7 Å². The molecule has 0 saturated carbocycles. The number of benzene rings is 8. The highest BCUT2D eigenvalue weighted by Crippen LogP contribution is 2.64. The summed E-state index contributed by atoms with van der Waals surface area (Å²) in [7, 11) is 0. The number of aromatic nitrogens is 2. The summed E-state index contributed by atoms with van der Waals surface area (Å²) < 4.78 is 4.76. The number of fused-ring (bicyclic) bond motifs is 16. The standard InChI is InChI=1S/C51H28N4/c1-53-32-19-23-36-35-22-18-31(30-52)26-43(35)51(44(36)27-32)45-28-33(54-47-14-6-2-10-39(47)40-11-3-7-15-48(40)54)20-24-37(45)38-25-21-34(29-46(38)51)55-49-16-8-4-12-41(49)42-13-5-9-17-50(42)55/h2-29H. The largest absolute Gasteiger partial charge is 0.309 e. The predicted octanol–water partition coefficient (Wildman–Crippen LogP) is 12.6. The zero-order chi connectivity index (χ0) is 36.4. The Bertz CT molecular complexity index is 3080. The lowest BCUT2D eigenvalue weighted by molar-refractivity contribution is 0.791. The molecule has 0 bridgehead atoms. The van der Waals surface area contributed by atoms with Gasteiger partial charge in [0, 0.05) is 32.9 Å². The first-order chi connectivity index (χ1) is 27.2. The van der Waals surface area contributed by atoms with Crippen molar-refractivity contribution in [1.29, 1.82) is 5.26 Å². The van der Waals surface area contributed by atoms with Crippen molar-refractivity contribution < 1.29 is 0 Å². The number of rotatable bonds is 2. The smallest absolute Gasteiger partial charge is 0.187 e. The van der Waals surface area contributed by atoms with Gasteiger partial charge >= 0.3 is 0 Å². The van der Waals surface area contributed by atoms with E-state index >= 15 is 0 Å². The van der Waals surface area contributed by atoms with Crippen molar-refractivity contribution in [3.63, 3.8) is 0 Å². The van der Waals surface area contributed by atoms with E-state index in [9.17, 15) is 5.26 Å². The SMILES string of the molecule is [C-]#[N+]c1ccc2c(c1)C1(c3cc(C#N)ccc3-2)c2cc(-n3c4ccccc4c4ccccc43)ccc2-c2ccc(-n3c4ccccc4c4ccccc43)cc21. The molecule has 0 fully saturated rings. The first-order valence-electron chi connectivity index (χ1n) is 18.5. The summed E-state index contributed by atoms with van der Waals surface area (Å²) in [6.45, 7) is 8.12. The van der Waals surface area contributed by atoms with Crippen LogP contribution < -0.4 is 0 Å². The van der Waals surface area contributed by atoms with E-state index in [0.29, 0.717) is 11.3 Å². The van der Waals surface area contributed by atoms with E-state index in [0.717, 1.165) is 77.9 Å². The molecule has 252 valence electrons. The minimum Gasteiger partial charge on any atom is -0.309 e. The lowest BCUT2D eigenvalue weighted by Crippen LogP contribution is -2.26. The molecule has 12 rings (SSSR count). The van der Waals surface area contributed by atoms with Crippen LogP contribution >= 0.6 is 0 Å². The molecule has 4 nitrogen and oxygen atoms in total. The lowest BCUT2D eigenvalue weighted by Gasteiger charge is -2.31. The Morgan fingerprint density at radius 3 is 1.25 bits per heavy atom. The van der Waals surface area contributed by atoms with Gasteiger partial charge in [0.15, 0.2) is 5.69 Å². The van der Waals surface area contributed by atoms with Crippen LogP contribution in [0.4, 0.5) is 5.69 Å². The van der Waals surface area contributed by atoms with E-state index in [4.69, 9.17) is 6.57 Å². The molecule has 0 aliphatic heterocycles. The quantitative estimate of drug-likeness (QED) is 0.166. The molecule has 1 spiro atoms. The third-order valence-electron chi connectivity index (χ3n) is 12.2. The average Bonchev–Trinajstić information content (AvgIpc) is 3.94. The Morgan fingerprint density at radius 1 is 0.436 bits per heavy atom. The van der Waals surface area contributed by atoms with Crippen molar-refractivity contribution >= 4 is 49.3 Å². The van der Waals surface area contributed by atoms with Crippen molar-refractivity contribution in [3.8, 4) is 39.7 Å². The van der Waals surface area contributed by atoms with Crippen molar-refractivity contribution in [2.24, 2.45) is 0 Å². The number of nitriles is 1. The fourth-order valence-corrected chi connectivity index (χ4v) is 10.0. The van der Waals surface area contributed by atoms with E-state index in [2.05, 4.69) is 178 Å². The van der Waals surface area contributed by atoms with E-state index in [-0.39, 0.29) is 0 Å². The van der Waals surface area contributed by atoms with Gasteiger partial charge in [0.2, 0.25) is 0 Å². The van der Waals surface area contributed by atoms with Crippen LogP contribution in [0.1, 0.15) is 27.8 Å². The Kier molecular flexibility index (Phi) is 5.81. The third kappa shape index (κ3) is 3.73. The minimum absolute atomic E-state index is 0.596. The summed E-state index contributed by atoms with van der Waals surface area (Å²) >= 11 is 0. The maximum atomic E-state index is 10.3. The molecule has 4 heteroatoms. The summed E-state index contributed by atoms with van der Waals surface area (Å²) in [6.07, 6.45) is 0. The Labute approximate surface area is 316 Å². The van der Waals surface area contributed by atoms with Gasteiger partial charge in [0.25, 0.3) is 0 Å². The first kappa shape index (κ1) is 29.9. The van der Waals surface area contributed by atoms with Crippen molar-refractivity contribution in [2.45, 2.75) is 5.41 Å². The second-order valence-electron chi connectivity index (χ2n) is 14.7. The summed E-state index contributed by atoms with van der Waals surface area (Å²) in [4.78, 5) is 3.95. The summed E-state index contributed by atoms with van der Waals surface area (Å²) in [6, 6.07) is 63.0. The Morgan fingerprint density at radius 2 is 0.818 bits per heavy atom. The van der Waals surface area contributed by atoms with Gasteiger partial charge in [-0.3, -0.25) is 0 Å². The summed E-state index contributed by atoms with van der Waals surface area (Å²) in [5, 5.41) is 15.2. The molecule has 0 atom stereocenters. The second-order valence-corrected chi connectivity index (χ2v) is 14.7. The van der Waals surface area contributed by atoms with E-state index in [1.54, 1.807) is 0 Å². The molecule has 0 unspecified atom stereocenters.